The summed E-state index contributed by atoms with van der Waals surface area (Å²) >= 11 is 1.63. The van der Waals surface area contributed by atoms with Gasteiger partial charge in [0, 0.05) is 23.9 Å². The smallest absolute Gasteiger partial charge is 0.324 e. The predicted molar refractivity (Wildman–Crippen MR) is 65.2 cm³/mol. The van der Waals surface area contributed by atoms with Crippen LogP contribution in [-0.2, 0) is 9.09 Å². The van der Waals surface area contributed by atoms with Crippen LogP contribution < -0.4 is 5.32 Å². The average Bonchev–Trinajstić information content (AvgIpc) is 2.88. The Balaban J connectivity index is 2.18. The lowest BCUT2D eigenvalue weighted by Gasteiger charge is -2.22. The van der Waals surface area contributed by atoms with Gasteiger partial charge in [0.05, 0.1) is 12.3 Å². The summed E-state index contributed by atoms with van der Waals surface area (Å²) in [5.41, 5.74) is -0.314. The van der Waals surface area contributed by atoms with E-state index in [-0.39, 0.29) is 18.2 Å². The summed E-state index contributed by atoms with van der Waals surface area (Å²) < 4.78 is 17.0. The topological polar surface area (TPSA) is 58.6 Å². The van der Waals surface area contributed by atoms with Crippen molar-refractivity contribution in [2.45, 2.75) is 18.5 Å². The lowest BCUT2D eigenvalue weighted by atomic mass is 10.1. The van der Waals surface area contributed by atoms with Crippen LogP contribution in [0.5, 0.6) is 0 Å². The lowest BCUT2D eigenvalue weighted by Crippen LogP contribution is -2.18. The predicted octanol–water partition coefficient (Wildman–Crippen LogP) is 2.03. The number of rotatable bonds is 4. The molecule has 0 aromatic carbocycles. The maximum absolute atomic E-state index is 12.0. The molecule has 0 radical (unpaired) electrons. The van der Waals surface area contributed by atoms with E-state index in [4.69, 9.17) is 4.52 Å². The highest BCUT2D eigenvalue weighted by atomic mass is 32.1. The molecular formula is C10H16NO3PS. The lowest BCUT2D eigenvalue weighted by molar-refractivity contribution is 0.263. The molecule has 0 amide bonds. The van der Waals surface area contributed by atoms with Gasteiger partial charge < -0.3 is 14.7 Å². The third kappa shape index (κ3) is 2.39. The zero-order valence-corrected chi connectivity index (χ0v) is 10.8. The summed E-state index contributed by atoms with van der Waals surface area (Å²) in [5, 5.41) is 5.16. The average molecular weight is 261 g/mol. The summed E-state index contributed by atoms with van der Waals surface area (Å²) in [6.07, 6.45) is 0. The van der Waals surface area contributed by atoms with Gasteiger partial charge in [-0.1, -0.05) is 6.07 Å². The molecule has 3 atom stereocenters. The Morgan fingerprint density at radius 1 is 1.69 bits per heavy atom. The molecule has 16 heavy (non-hydrogen) atoms. The Kier molecular flexibility index (Phi) is 3.82. The standard InChI is InChI=1S/C10H16NO3PS/c1-2-14-15(12,13)9-7-11-6-8(9)10-4-3-5-16-10/h3-5,8-9,11H,2,6-7H2,1H3,(H,12,13). The zero-order valence-electron chi connectivity index (χ0n) is 9.13. The van der Waals surface area contributed by atoms with Gasteiger partial charge in [0.15, 0.2) is 0 Å². The molecule has 0 aliphatic carbocycles. The van der Waals surface area contributed by atoms with Crippen molar-refractivity contribution in [3.05, 3.63) is 22.4 Å². The first-order valence-electron chi connectivity index (χ1n) is 5.36. The van der Waals surface area contributed by atoms with Crippen LogP contribution in [0, 0.1) is 0 Å². The Bertz CT molecular complexity index is 381. The van der Waals surface area contributed by atoms with E-state index in [1.807, 2.05) is 17.5 Å². The van der Waals surface area contributed by atoms with Gasteiger partial charge in [-0.05, 0) is 18.4 Å². The summed E-state index contributed by atoms with van der Waals surface area (Å²) in [4.78, 5) is 11.0. The fourth-order valence-electron chi connectivity index (χ4n) is 2.08. The Hall–Kier alpha value is -0.190. The Morgan fingerprint density at radius 3 is 3.12 bits per heavy atom. The summed E-state index contributed by atoms with van der Waals surface area (Å²) in [6, 6.07) is 3.99. The van der Waals surface area contributed by atoms with Gasteiger partial charge in [0.1, 0.15) is 0 Å². The van der Waals surface area contributed by atoms with Crippen molar-refractivity contribution >= 4 is 18.9 Å². The van der Waals surface area contributed by atoms with Gasteiger partial charge in [-0.15, -0.1) is 11.3 Å². The van der Waals surface area contributed by atoms with Gasteiger partial charge in [-0.25, -0.2) is 0 Å². The van der Waals surface area contributed by atoms with E-state index in [1.54, 1.807) is 18.3 Å². The van der Waals surface area contributed by atoms with Crippen LogP contribution in [0.2, 0.25) is 0 Å². The van der Waals surface area contributed by atoms with Crippen molar-refractivity contribution in [2.24, 2.45) is 0 Å². The third-order valence-electron chi connectivity index (χ3n) is 2.82. The zero-order chi connectivity index (χ0) is 11.6. The van der Waals surface area contributed by atoms with Gasteiger partial charge in [0.25, 0.3) is 0 Å². The molecule has 6 heteroatoms. The summed E-state index contributed by atoms with van der Waals surface area (Å²) in [5.74, 6) is 0.0994. The summed E-state index contributed by atoms with van der Waals surface area (Å²) in [7, 11) is -3.49. The van der Waals surface area contributed by atoms with E-state index in [1.165, 1.54) is 0 Å². The molecule has 1 aromatic rings. The molecule has 3 unspecified atom stereocenters. The molecule has 1 aliphatic heterocycles. The first kappa shape index (κ1) is 12.3. The van der Waals surface area contributed by atoms with E-state index in [0.29, 0.717) is 6.54 Å². The van der Waals surface area contributed by atoms with Gasteiger partial charge in [0.2, 0.25) is 0 Å². The highest BCUT2D eigenvalue weighted by molar-refractivity contribution is 7.53. The molecule has 2 heterocycles. The van der Waals surface area contributed by atoms with Crippen LogP contribution in [-0.4, -0.2) is 30.2 Å². The SMILES string of the molecule is CCOP(=O)(O)C1CNCC1c1cccs1. The normalized spacial score (nSPS) is 29.1. The van der Waals surface area contributed by atoms with Crippen molar-refractivity contribution in [3.63, 3.8) is 0 Å². The largest absolute Gasteiger partial charge is 0.333 e. The van der Waals surface area contributed by atoms with E-state index in [0.717, 1.165) is 11.4 Å². The third-order valence-corrected chi connectivity index (χ3v) is 5.84. The second kappa shape index (κ2) is 4.98. The van der Waals surface area contributed by atoms with Crippen LogP contribution in [0.15, 0.2) is 17.5 Å². The number of hydrogen-bond acceptors (Lipinski definition) is 4. The summed E-state index contributed by atoms with van der Waals surface area (Å²) in [6.45, 7) is 3.33. The molecule has 1 aliphatic rings. The van der Waals surface area contributed by atoms with Crippen molar-refractivity contribution in [1.29, 1.82) is 0 Å². The molecular weight excluding hydrogens is 245 g/mol. The van der Waals surface area contributed by atoms with E-state index < -0.39 is 7.60 Å². The van der Waals surface area contributed by atoms with Gasteiger partial charge >= 0.3 is 7.60 Å². The molecule has 90 valence electrons. The second-order valence-electron chi connectivity index (χ2n) is 3.83. The van der Waals surface area contributed by atoms with Crippen molar-refractivity contribution < 1.29 is 14.0 Å². The molecule has 1 saturated heterocycles. The van der Waals surface area contributed by atoms with E-state index in [9.17, 15) is 9.46 Å². The van der Waals surface area contributed by atoms with E-state index in [2.05, 4.69) is 5.32 Å². The van der Waals surface area contributed by atoms with Crippen molar-refractivity contribution in [3.8, 4) is 0 Å². The fourth-order valence-corrected chi connectivity index (χ4v) is 4.72. The molecule has 1 aromatic heterocycles. The first-order chi connectivity index (χ1) is 7.65. The Labute approximate surface area is 99.2 Å². The van der Waals surface area contributed by atoms with Gasteiger partial charge in [-0.2, -0.15) is 0 Å². The molecule has 0 spiro atoms. The molecule has 2 N–H and O–H groups in total. The number of hydrogen-bond donors (Lipinski definition) is 2. The van der Waals surface area contributed by atoms with Gasteiger partial charge in [-0.3, -0.25) is 4.57 Å². The second-order valence-corrected chi connectivity index (χ2v) is 6.86. The minimum atomic E-state index is -3.49. The molecule has 2 rings (SSSR count). The van der Waals surface area contributed by atoms with Crippen molar-refractivity contribution in [1.82, 2.24) is 5.32 Å². The molecule has 0 saturated carbocycles. The maximum atomic E-state index is 12.0. The van der Waals surface area contributed by atoms with E-state index >= 15 is 0 Å². The molecule has 1 fully saturated rings. The fraction of sp³-hybridized carbons (Fsp3) is 0.600. The van der Waals surface area contributed by atoms with Crippen LogP contribution >= 0.6 is 18.9 Å². The Morgan fingerprint density at radius 2 is 2.50 bits per heavy atom. The minimum Gasteiger partial charge on any atom is -0.324 e. The molecule has 0 bridgehead atoms. The molecule has 4 nitrogen and oxygen atoms in total. The van der Waals surface area contributed by atoms with Crippen LogP contribution in [0.4, 0.5) is 0 Å². The minimum absolute atomic E-state index is 0.0994. The first-order valence-corrected chi connectivity index (χ1v) is 7.89. The number of nitrogens with one attached hydrogen (secondary N) is 1. The van der Waals surface area contributed by atoms with Crippen LogP contribution in [0.25, 0.3) is 0 Å². The van der Waals surface area contributed by atoms with Crippen LogP contribution in [0.3, 0.4) is 0 Å². The maximum Gasteiger partial charge on any atom is 0.333 e. The quantitative estimate of drug-likeness (QED) is 0.814. The monoisotopic (exact) mass is 261 g/mol. The van der Waals surface area contributed by atoms with Crippen LogP contribution in [0.1, 0.15) is 17.7 Å². The van der Waals surface area contributed by atoms with Crippen molar-refractivity contribution in [2.75, 3.05) is 19.7 Å². The highest BCUT2D eigenvalue weighted by Crippen LogP contribution is 2.54. The highest BCUT2D eigenvalue weighted by Gasteiger charge is 2.42. The number of thiophene rings is 1.